The minimum absolute atomic E-state index is 0.0562. The van der Waals surface area contributed by atoms with Gasteiger partial charge in [0, 0.05) is 37.5 Å². The van der Waals surface area contributed by atoms with Gasteiger partial charge in [-0.25, -0.2) is 9.38 Å². The summed E-state index contributed by atoms with van der Waals surface area (Å²) < 4.78 is 2.10. The molecule has 34 heavy (non-hydrogen) atoms. The second kappa shape index (κ2) is 8.53. The van der Waals surface area contributed by atoms with Crippen molar-refractivity contribution in [3.05, 3.63) is 88.4 Å². The molecule has 1 aliphatic rings. The van der Waals surface area contributed by atoms with E-state index in [2.05, 4.69) is 38.6 Å². The van der Waals surface area contributed by atoms with E-state index in [1.54, 1.807) is 0 Å². The molecule has 4 heterocycles. The SMILES string of the molecule is CC1CN(c2nc3ccccc3c3nnc(Cc4ccccc4)n23)CCN1C(=O)c1cccs1. The van der Waals surface area contributed by atoms with Crippen molar-refractivity contribution >= 4 is 39.7 Å². The van der Waals surface area contributed by atoms with Crippen LogP contribution >= 0.6 is 11.3 Å². The molecule has 1 fully saturated rings. The summed E-state index contributed by atoms with van der Waals surface area (Å²) >= 11 is 1.49. The predicted molar refractivity (Wildman–Crippen MR) is 135 cm³/mol. The molecule has 7 nitrogen and oxygen atoms in total. The number of benzene rings is 2. The third kappa shape index (κ3) is 3.60. The number of thiophene rings is 1. The third-order valence-electron chi connectivity index (χ3n) is 6.40. The van der Waals surface area contributed by atoms with Gasteiger partial charge in [-0.05, 0) is 36.1 Å². The first-order valence-corrected chi connectivity index (χ1v) is 12.3. The van der Waals surface area contributed by atoms with Crippen LogP contribution in [0, 0.1) is 0 Å². The minimum Gasteiger partial charge on any atom is -0.338 e. The monoisotopic (exact) mass is 468 g/mol. The van der Waals surface area contributed by atoms with E-state index in [4.69, 9.17) is 4.98 Å². The van der Waals surface area contributed by atoms with Gasteiger partial charge in [0.05, 0.1) is 10.4 Å². The highest BCUT2D eigenvalue weighted by Gasteiger charge is 2.31. The Morgan fingerprint density at radius 3 is 2.62 bits per heavy atom. The maximum absolute atomic E-state index is 13.0. The van der Waals surface area contributed by atoms with E-state index in [1.165, 1.54) is 16.9 Å². The Balaban J connectivity index is 1.39. The number of aromatic nitrogens is 4. The van der Waals surface area contributed by atoms with Crippen LogP contribution in [0.4, 0.5) is 5.95 Å². The molecular formula is C26H24N6OS. The molecule has 0 spiro atoms. The molecule has 3 aromatic heterocycles. The fourth-order valence-electron chi connectivity index (χ4n) is 4.71. The summed E-state index contributed by atoms with van der Waals surface area (Å²) in [5, 5.41) is 12.1. The molecule has 1 aliphatic heterocycles. The molecule has 2 aromatic carbocycles. The van der Waals surface area contributed by atoms with Crippen molar-refractivity contribution in [1.29, 1.82) is 0 Å². The molecule has 0 saturated carbocycles. The van der Waals surface area contributed by atoms with Gasteiger partial charge in [0.1, 0.15) is 5.82 Å². The minimum atomic E-state index is 0.0562. The zero-order valence-corrected chi connectivity index (χ0v) is 19.7. The molecule has 1 saturated heterocycles. The van der Waals surface area contributed by atoms with Crippen molar-refractivity contribution in [2.75, 3.05) is 24.5 Å². The average Bonchev–Trinajstić information content (AvgIpc) is 3.55. The summed E-state index contributed by atoms with van der Waals surface area (Å²) in [4.78, 5) is 23.1. The van der Waals surface area contributed by atoms with Crippen LogP contribution in [0.1, 0.15) is 28.0 Å². The maximum Gasteiger partial charge on any atom is 0.264 e. The van der Waals surface area contributed by atoms with Gasteiger partial charge in [-0.3, -0.25) is 4.79 Å². The molecular weight excluding hydrogens is 444 g/mol. The van der Waals surface area contributed by atoms with Gasteiger partial charge in [-0.15, -0.1) is 21.5 Å². The normalized spacial score (nSPS) is 16.4. The number of fused-ring (bicyclic) bond motifs is 3. The molecule has 0 aliphatic carbocycles. The second-order valence-corrected chi connectivity index (χ2v) is 9.59. The van der Waals surface area contributed by atoms with Crippen molar-refractivity contribution in [2.45, 2.75) is 19.4 Å². The first-order valence-electron chi connectivity index (χ1n) is 11.4. The molecule has 8 heteroatoms. The topological polar surface area (TPSA) is 66.6 Å². The van der Waals surface area contributed by atoms with E-state index in [1.807, 2.05) is 64.9 Å². The summed E-state index contributed by atoms with van der Waals surface area (Å²) in [6, 6.07) is 22.2. The number of rotatable bonds is 4. The van der Waals surface area contributed by atoms with Crippen molar-refractivity contribution in [2.24, 2.45) is 0 Å². The standard InChI is InChI=1S/C26H24N6OS/c1-18-17-30(13-14-31(18)25(33)22-12-7-15-34-22)26-27-21-11-6-5-10-20(21)24-29-28-23(32(24)26)16-19-8-3-2-4-9-19/h2-12,15,18H,13-14,16-17H2,1H3. The lowest BCUT2D eigenvalue weighted by molar-refractivity contribution is 0.0678. The van der Waals surface area contributed by atoms with Crippen molar-refractivity contribution in [3.63, 3.8) is 0 Å². The Morgan fingerprint density at radius 2 is 1.82 bits per heavy atom. The number of amides is 1. The van der Waals surface area contributed by atoms with Gasteiger partial charge in [-0.1, -0.05) is 48.5 Å². The number of hydrogen-bond donors (Lipinski definition) is 0. The van der Waals surface area contributed by atoms with E-state index >= 15 is 0 Å². The van der Waals surface area contributed by atoms with E-state index < -0.39 is 0 Å². The highest BCUT2D eigenvalue weighted by Crippen LogP contribution is 2.27. The summed E-state index contributed by atoms with van der Waals surface area (Å²) in [6.07, 6.45) is 0.668. The highest BCUT2D eigenvalue weighted by molar-refractivity contribution is 7.12. The van der Waals surface area contributed by atoms with E-state index in [-0.39, 0.29) is 11.9 Å². The van der Waals surface area contributed by atoms with Gasteiger partial charge in [0.25, 0.3) is 5.91 Å². The third-order valence-corrected chi connectivity index (χ3v) is 7.26. The summed E-state index contributed by atoms with van der Waals surface area (Å²) in [7, 11) is 0. The number of piperazine rings is 1. The molecule has 170 valence electrons. The van der Waals surface area contributed by atoms with Crippen LogP contribution in [0.25, 0.3) is 16.6 Å². The Bertz CT molecular complexity index is 1460. The molecule has 0 radical (unpaired) electrons. The van der Waals surface area contributed by atoms with Gasteiger partial charge in [-0.2, -0.15) is 0 Å². The molecule has 6 rings (SSSR count). The zero-order valence-electron chi connectivity index (χ0n) is 18.8. The molecule has 0 N–H and O–H groups in total. The van der Waals surface area contributed by atoms with Crippen LogP contribution in [0.3, 0.4) is 0 Å². The average molecular weight is 469 g/mol. The Labute approximate surface area is 201 Å². The Hall–Kier alpha value is -3.78. The summed E-state index contributed by atoms with van der Waals surface area (Å²) in [6.45, 7) is 4.14. The molecule has 1 atom stereocenters. The predicted octanol–water partition coefficient (Wildman–Crippen LogP) is 4.28. The second-order valence-electron chi connectivity index (χ2n) is 8.64. The molecule has 1 unspecified atom stereocenters. The number of para-hydroxylation sites is 1. The van der Waals surface area contributed by atoms with E-state index in [0.29, 0.717) is 26.1 Å². The van der Waals surface area contributed by atoms with Crippen LogP contribution in [0.15, 0.2) is 72.1 Å². The highest BCUT2D eigenvalue weighted by atomic mass is 32.1. The first-order chi connectivity index (χ1) is 16.7. The summed E-state index contributed by atoms with van der Waals surface area (Å²) in [5.41, 5.74) is 2.89. The smallest absolute Gasteiger partial charge is 0.264 e. The van der Waals surface area contributed by atoms with Crippen molar-refractivity contribution in [3.8, 4) is 0 Å². The van der Waals surface area contributed by atoms with Gasteiger partial charge in [0.2, 0.25) is 5.95 Å². The van der Waals surface area contributed by atoms with Gasteiger partial charge < -0.3 is 9.80 Å². The van der Waals surface area contributed by atoms with E-state index in [9.17, 15) is 4.79 Å². The first kappa shape index (κ1) is 20.8. The fourth-order valence-corrected chi connectivity index (χ4v) is 5.39. The summed E-state index contributed by atoms with van der Waals surface area (Å²) in [5.74, 6) is 1.80. The quantitative estimate of drug-likeness (QED) is 0.394. The zero-order chi connectivity index (χ0) is 23.1. The number of anilines is 1. The lowest BCUT2D eigenvalue weighted by Crippen LogP contribution is -2.54. The Morgan fingerprint density at radius 1 is 1.00 bits per heavy atom. The lowest BCUT2D eigenvalue weighted by atomic mass is 10.1. The van der Waals surface area contributed by atoms with Crippen molar-refractivity contribution in [1.82, 2.24) is 24.5 Å². The largest absolute Gasteiger partial charge is 0.338 e. The Kier molecular flexibility index (Phi) is 5.22. The van der Waals surface area contributed by atoms with Gasteiger partial charge in [0.15, 0.2) is 5.65 Å². The van der Waals surface area contributed by atoms with Gasteiger partial charge >= 0.3 is 0 Å². The number of nitrogens with zero attached hydrogens (tertiary/aromatic N) is 6. The number of hydrogen-bond acceptors (Lipinski definition) is 6. The van der Waals surface area contributed by atoms with Crippen LogP contribution in [-0.2, 0) is 6.42 Å². The lowest BCUT2D eigenvalue weighted by Gasteiger charge is -2.40. The molecule has 1 amide bonds. The van der Waals surface area contributed by atoms with E-state index in [0.717, 1.165) is 33.2 Å². The van der Waals surface area contributed by atoms with Crippen LogP contribution in [0.5, 0.6) is 0 Å². The molecule has 0 bridgehead atoms. The molecule has 5 aromatic rings. The van der Waals surface area contributed by atoms with Crippen molar-refractivity contribution < 1.29 is 4.79 Å². The fraction of sp³-hybridized carbons (Fsp3) is 0.231. The number of carbonyl (C=O) groups excluding carboxylic acids is 1. The maximum atomic E-state index is 13.0. The number of carbonyl (C=O) groups is 1. The van der Waals surface area contributed by atoms with Crippen LogP contribution in [0.2, 0.25) is 0 Å². The van der Waals surface area contributed by atoms with Crippen LogP contribution in [-0.4, -0.2) is 56.1 Å². The van der Waals surface area contributed by atoms with Crippen LogP contribution < -0.4 is 4.90 Å².